The minimum Gasteiger partial charge on any atom is -0.387 e. The zero-order chi connectivity index (χ0) is 43.5. The van der Waals surface area contributed by atoms with Gasteiger partial charge in [0.25, 0.3) is 5.91 Å². The monoisotopic (exact) mass is 882 g/mol. The molecule has 3 heterocycles. The van der Waals surface area contributed by atoms with Crippen LogP contribution >= 0.6 is 19.4 Å². The number of aliphatic hydroxyl groups is 2. The number of rotatable bonds is 30. The number of likely N-dealkylation sites (N-methyl/N-ethyl adjacent to an activating group) is 1. The second-order valence-electron chi connectivity index (χ2n) is 15.7. The zero-order valence-corrected chi connectivity index (χ0v) is 36.8. The van der Waals surface area contributed by atoms with Crippen LogP contribution in [0.25, 0.3) is 5.52 Å². The van der Waals surface area contributed by atoms with Crippen LogP contribution in [-0.4, -0.2) is 112 Å². The van der Waals surface area contributed by atoms with Crippen LogP contribution in [0.1, 0.15) is 126 Å². The Morgan fingerprint density at radius 2 is 1.63 bits per heavy atom. The minimum absolute atomic E-state index is 0.0387. The summed E-state index contributed by atoms with van der Waals surface area (Å²) in [7, 11) is -3.39. The molecule has 1 aromatic carbocycles. The van der Waals surface area contributed by atoms with Crippen LogP contribution in [0.15, 0.2) is 41.7 Å². The fraction of sp³-hybridized carbons (Fsp3) is 0.667. The van der Waals surface area contributed by atoms with E-state index < -0.39 is 62.7 Å². The van der Waals surface area contributed by atoms with Crippen molar-refractivity contribution >= 4 is 43.4 Å². The number of anilines is 1. The first-order valence-corrected chi connectivity index (χ1v) is 23.2. The van der Waals surface area contributed by atoms with Crippen molar-refractivity contribution in [2.45, 2.75) is 140 Å². The maximum atomic E-state index is 13.9. The van der Waals surface area contributed by atoms with Gasteiger partial charge in [0.15, 0.2) is 11.4 Å². The lowest BCUT2D eigenvalue weighted by molar-refractivity contribution is -0.0944. The molecule has 0 bridgehead atoms. The Balaban J connectivity index is 1.25. The quantitative estimate of drug-likeness (QED) is 0.0289. The highest BCUT2D eigenvalue weighted by Crippen LogP contribution is 2.46. The molecule has 0 radical (unpaired) electrons. The highest BCUT2D eigenvalue weighted by Gasteiger charge is 2.57. The van der Waals surface area contributed by atoms with Gasteiger partial charge in [-0.2, -0.15) is 5.10 Å². The Kier molecular flexibility index (Phi) is 20.8. The van der Waals surface area contributed by atoms with Gasteiger partial charge in [-0.25, -0.2) is 18.5 Å². The predicted molar refractivity (Wildman–Crippen MR) is 230 cm³/mol. The zero-order valence-electron chi connectivity index (χ0n) is 35.1. The maximum Gasteiger partial charge on any atom is 0.472 e. The lowest BCUT2D eigenvalue weighted by Gasteiger charge is -2.30. The number of hydrogen-bond acceptors (Lipinski definition) is 12. The number of nitrogens with zero attached hydrogens (tertiary/aromatic N) is 5. The third-order valence-electron chi connectivity index (χ3n) is 11.1. The van der Waals surface area contributed by atoms with Gasteiger partial charge in [0.1, 0.15) is 36.0 Å². The number of phosphoric acid groups is 1. The molecule has 18 heteroatoms. The third kappa shape index (κ3) is 14.2. The van der Waals surface area contributed by atoms with E-state index in [1.54, 1.807) is 12.1 Å². The van der Waals surface area contributed by atoms with Crippen LogP contribution < -0.4 is 5.73 Å². The molecule has 0 spiro atoms. The number of unbranched alkanes of at least 4 members (excludes halogenated alkanes) is 15. The number of nitrogen functional groups attached to an aromatic ring is 1. The Hall–Kier alpha value is -3.05. The van der Waals surface area contributed by atoms with Crippen LogP contribution in [0.4, 0.5) is 10.2 Å². The van der Waals surface area contributed by atoms with E-state index in [0.29, 0.717) is 12.1 Å². The van der Waals surface area contributed by atoms with Gasteiger partial charge in [-0.15, -0.1) is 0 Å². The number of halogens is 2. The second kappa shape index (κ2) is 25.2. The van der Waals surface area contributed by atoms with Crippen LogP contribution in [0.3, 0.4) is 0 Å². The van der Waals surface area contributed by atoms with E-state index in [9.17, 15) is 28.9 Å². The first-order chi connectivity index (χ1) is 28.8. The number of aromatic nitrogens is 3. The van der Waals surface area contributed by atoms with E-state index in [1.807, 2.05) is 0 Å². The smallest absolute Gasteiger partial charge is 0.387 e. The number of carbonyl (C=O) groups is 1. The molecule has 1 aliphatic rings. The van der Waals surface area contributed by atoms with Gasteiger partial charge in [-0.1, -0.05) is 115 Å². The summed E-state index contributed by atoms with van der Waals surface area (Å²) in [5.74, 6) is -1.06. The van der Waals surface area contributed by atoms with Crippen LogP contribution in [0.2, 0.25) is 5.02 Å². The largest absolute Gasteiger partial charge is 0.472 e. The van der Waals surface area contributed by atoms with Gasteiger partial charge in [-0.05, 0) is 43.5 Å². The lowest BCUT2D eigenvalue weighted by Crippen LogP contribution is -2.44. The van der Waals surface area contributed by atoms with E-state index in [-0.39, 0.29) is 35.2 Å². The van der Waals surface area contributed by atoms with Gasteiger partial charge in [0.05, 0.1) is 43.1 Å². The van der Waals surface area contributed by atoms with Crippen molar-refractivity contribution in [3.05, 3.63) is 58.8 Å². The number of carbonyl (C=O) groups excluding carboxylic acids is 1. The van der Waals surface area contributed by atoms with Crippen molar-refractivity contribution in [2.24, 2.45) is 4.99 Å². The normalized spacial score (nSPS) is 20.7. The SMILES string of the molecule is C=NC[C@@]1(c2ccc3c(N)ncnn23)O[C@H](COP(=O)(O)OC[C@@H](COCCCCCCCCCCCCCCCCCC)N(C)C(=O)c2ccc(F)c(Cl)c2)[C@@H](O)[C@H]1O. The van der Waals surface area contributed by atoms with Gasteiger partial charge in [0, 0.05) is 19.2 Å². The molecule has 336 valence electrons. The van der Waals surface area contributed by atoms with Crippen molar-refractivity contribution in [2.75, 3.05) is 45.8 Å². The van der Waals surface area contributed by atoms with Crippen LogP contribution in [0.5, 0.6) is 0 Å². The van der Waals surface area contributed by atoms with E-state index >= 15 is 0 Å². The van der Waals surface area contributed by atoms with Crippen molar-refractivity contribution in [3.63, 3.8) is 0 Å². The second-order valence-corrected chi connectivity index (χ2v) is 17.5. The number of nitrogens with two attached hydrogens (primary N) is 1. The molecule has 1 amide bonds. The van der Waals surface area contributed by atoms with Gasteiger partial charge in [-0.3, -0.25) is 18.8 Å². The highest BCUT2D eigenvalue weighted by molar-refractivity contribution is 7.47. The summed E-state index contributed by atoms with van der Waals surface area (Å²) in [6.45, 7) is 4.77. The number of aliphatic hydroxyl groups excluding tert-OH is 2. The summed E-state index contributed by atoms with van der Waals surface area (Å²) in [6, 6.07) is 5.90. The van der Waals surface area contributed by atoms with Crippen molar-refractivity contribution in [3.8, 4) is 0 Å². The fourth-order valence-electron chi connectivity index (χ4n) is 7.51. The summed E-state index contributed by atoms with van der Waals surface area (Å²) in [5.41, 5.74) is 5.11. The highest BCUT2D eigenvalue weighted by atomic mass is 35.5. The van der Waals surface area contributed by atoms with Gasteiger partial charge < -0.3 is 35.2 Å². The summed E-state index contributed by atoms with van der Waals surface area (Å²) >= 11 is 5.94. The Morgan fingerprint density at radius 1 is 1.02 bits per heavy atom. The Morgan fingerprint density at radius 3 is 2.23 bits per heavy atom. The summed E-state index contributed by atoms with van der Waals surface area (Å²) in [4.78, 5) is 33.3. The van der Waals surface area contributed by atoms with Crippen molar-refractivity contribution in [1.29, 1.82) is 0 Å². The molecule has 2 aromatic heterocycles. The molecule has 4 rings (SSSR count). The minimum atomic E-state index is -4.86. The molecule has 1 aliphatic heterocycles. The molecule has 1 fully saturated rings. The molecule has 6 atom stereocenters. The Labute approximate surface area is 358 Å². The average Bonchev–Trinajstić information content (AvgIpc) is 3.78. The van der Waals surface area contributed by atoms with Crippen LogP contribution in [-0.2, 0) is 28.7 Å². The Bertz CT molecular complexity index is 1830. The first-order valence-electron chi connectivity index (χ1n) is 21.3. The molecular formula is C42H65ClFN6O9P. The maximum absolute atomic E-state index is 13.9. The number of amides is 1. The molecular weight excluding hydrogens is 818 g/mol. The average molecular weight is 883 g/mol. The fourth-order valence-corrected chi connectivity index (χ4v) is 8.46. The molecule has 0 saturated carbocycles. The summed E-state index contributed by atoms with van der Waals surface area (Å²) in [5, 5.41) is 26.3. The molecule has 60 heavy (non-hydrogen) atoms. The number of ether oxygens (including phenoxy) is 2. The van der Waals surface area contributed by atoms with E-state index in [4.69, 9.17) is 35.9 Å². The van der Waals surface area contributed by atoms with Gasteiger partial charge >= 0.3 is 7.82 Å². The molecule has 1 saturated heterocycles. The third-order valence-corrected chi connectivity index (χ3v) is 12.4. The standard InChI is InChI=1S/C42H65ClFN6O9P/c1-4-5-6-7-8-9-10-11-12-13-14-15-16-17-18-19-24-56-26-32(49(3)41(53)31-20-21-34(44)33(43)25-31)27-57-60(54,55)58-28-36-38(51)39(52)42(59-36,29-46-2)37-23-22-35-40(45)47-30-48-50(35)37/h20-23,25,30,32,36,38-39,51-52H,2,4-19,24,26-29H2,1,3H3,(H,54,55)(H2,45,47,48)/t32-,36-,38-,39-,42+/m1/s1. The molecule has 0 aliphatic carbocycles. The number of phosphoric ester groups is 1. The predicted octanol–water partition coefficient (Wildman–Crippen LogP) is 7.67. The lowest BCUT2D eigenvalue weighted by atomic mass is 9.91. The number of benzene rings is 1. The van der Waals surface area contributed by atoms with E-state index in [2.05, 4.69) is 28.7 Å². The number of hydrogen-bond donors (Lipinski definition) is 4. The molecule has 1 unspecified atom stereocenters. The first kappa shape index (κ1) is 49.6. The van der Waals surface area contributed by atoms with Crippen LogP contribution in [0, 0.1) is 5.82 Å². The van der Waals surface area contributed by atoms with Crippen molar-refractivity contribution < 1.29 is 47.4 Å². The van der Waals surface area contributed by atoms with Gasteiger partial charge in [0.2, 0.25) is 0 Å². The van der Waals surface area contributed by atoms with Crippen molar-refractivity contribution in [1.82, 2.24) is 19.5 Å². The summed E-state index contributed by atoms with van der Waals surface area (Å²) in [6.07, 6.45) is 16.7. The van der Waals surface area contributed by atoms with E-state index in [0.717, 1.165) is 25.3 Å². The topological polar surface area (TPSA) is 204 Å². The van der Waals surface area contributed by atoms with E-state index in [1.165, 1.54) is 118 Å². The number of aliphatic imine (C=N–C) groups is 1. The number of fused-ring (bicyclic) bond motifs is 1. The molecule has 15 nitrogen and oxygen atoms in total. The summed E-state index contributed by atoms with van der Waals surface area (Å²) < 4.78 is 51.2. The molecule has 3 aromatic rings. The molecule has 5 N–H and O–H groups in total.